The van der Waals surface area contributed by atoms with Crippen LogP contribution in [0.3, 0.4) is 0 Å². The Morgan fingerprint density at radius 3 is 2.09 bits per heavy atom. The fourth-order valence-corrected chi connectivity index (χ4v) is 3.57. The molecule has 0 aromatic carbocycles. The molecule has 0 saturated heterocycles. The van der Waals surface area contributed by atoms with Crippen molar-refractivity contribution in [3.8, 4) is 0 Å². The van der Waals surface area contributed by atoms with E-state index in [1.165, 1.54) is 6.92 Å². The van der Waals surface area contributed by atoms with Crippen molar-refractivity contribution in [2.45, 2.75) is 77.0 Å². The van der Waals surface area contributed by atoms with Crippen LogP contribution in [-0.4, -0.2) is 31.2 Å². The second-order valence-corrected chi connectivity index (χ2v) is 6.57. The van der Waals surface area contributed by atoms with E-state index in [-0.39, 0.29) is 18.9 Å². The van der Waals surface area contributed by atoms with Gasteiger partial charge in [-0.3, -0.25) is 0 Å². The number of hydrogen-bond donors (Lipinski definition) is 0. The van der Waals surface area contributed by atoms with Crippen molar-refractivity contribution in [2.24, 2.45) is 11.8 Å². The topological polar surface area (TPSA) is 9.23 Å². The molecule has 1 fully saturated rings. The first-order valence-corrected chi connectivity index (χ1v) is 8.41. The average molecular weight is 322 g/mol. The minimum absolute atomic E-state index is 0.0262. The molecule has 5 heteroatoms. The number of alkyl halides is 3. The summed E-state index contributed by atoms with van der Waals surface area (Å²) in [5.41, 5.74) is -0.400. The maximum absolute atomic E-state index is 14.0. The van der Waals surface area contributed by atoms with Crippen molar-refractivity contribution in [3.05, 3.63) is 11.4 Å². The van der Waals surface area contributed by atoms with Crippen molar-refractivity contribution >= 4 is 0 Å². The van der Waals surface area contributed by atoms with Gasteiger partial charge in [0.2, 0.25) is 0 Å². The second-order valence-electron chi connectivity index (χ2n) is 6.57. The Labute approximate surface area is 130 Å². The van der Waals surface area contributed by atoms with Gasteiger partial charge in [-0.2, -0.15) is 0 Å². The first-order chi connectivity index (χ1) is 10.5. The van der Waals surface area contributed by atoms with Gasteiger partial charge in [-0.15, -0.1) is 0 Å². The van der Waals surface area contributed by atoms with Gasteiger partial charge in [0.1, 0.15) is 11.9 Å². The molecule has 0 aromatic rings. The van der Waals surface area contributed by atoms with E-state index in [0.717, 1.165) is 38.0 Å². The molecule has 1 nitrogen and oxygen atoms in total. The monoisotopic (exact) mass is 322 g/mol. The molecular formula is C17H26F4O. The zero-order valence-electron chi connectivity index (χ0n) is 13.3. The van der Waals surface area contributed by atoms with Crippen molar-refractivity contribution in [1.29, 1.82) is 0 Å². The fraction of sp³-hybridized carbons (Fsp3) is 0.882. The molecule has 0 aliphatic heterocycles. The van der Waals surface area contributed by atoms with E-state index in [1.54, 1.807) is 0 Å². The third-order valence-electron chi connectivity index (χ3n) is 5.21. The normalized spacial score (nSPS) is 40.1. The molecule has 0 spiro atoms. The highest BCUT2D eigenvalue weighted by atomic mass is 19.2. The zero-order valence-corrected chi connectivity index (χ0v) is 13.3. The van der Waals surface area contributed by atoms with E-state index in [1.807, 2.05) is 0 Å². The van der Waals surface area contributed by atoms with Gasteiger partial charge in [-0.25, -0.2) is 17.6 Å². The standard InChI is InChI=1S/C17H26F4O/c1-3-10-5-7-11(8-6-10)9-22-17-15(20)13(18)12(4-2)14(19)16(17)21/h10-11,13,15-17H,3-9H2,1-2H3. The Morgan fingerprint density at radius 2 is 1.55 bits per heavy atom. The third-order valence-corrected chi connectivity index (χ3v) is 5.21. The molecule has 2 aliphatic rings. The molecule has 0 aromatic heterocycles. The summed E-state index contributed by atoms with van der Waals surface area (Å²) in [6, 6.07) is 0. The van der Waals surface area contributed by atoms with Gasteiger partial charge in [0.05, 0.1) is 6.61 Å². The van der Waals surface area contributed by atoms with Crippen LogP contribution >= 0.6 is 0 Å². The van der Waals surface area contributed by atoms with Crippen LogP contribution in [0.25, 0.3) is 0 Å². The Hall–Kier alpha value is -0.580. The Morgan fingerprint density at radius 1 is 0.955 bits per heavy atom. The van der Waals surface area contributed by atoms with Gasteiger partial charge in [-0.1, -0.05) is 33.1 Å². The Kier molecular flexibility index (Phi) is 6.30. The lowest BCUT2D eigenvalue weighted by molar-refractivity contribution is -0.0846. The number of halogens is 4. The lowest BCUT2D eigenvalue weighted by atomic mass is 9.81. The van der Waals surface area contributed by atoms with Gasteiger partial charge in [0.15, 0.2) is 18.5 Å². The molecule has 1 saturated carbocycles. The van der Waals surface area contributed by atoms with E-state index >= 15 is 0 Å². The fourth-order valence-electron chi connectivity index (χ4n) is 3.57. The quantitative estimate of drug-likeness (QED) is 0.628. The van der Waals surface area contributed by atoms with Crippen LogP contribution in [0.1, 0.15) is 52.4 Å². The molecule has 0 radical (unpaired) electrons. The molecule has 2 rings (SSSR count). The van der Waals surface area contributed by atoms with Gasteiger partial charge in [-0.05, 0) is 31.1 Å². The summed E-state index contributed by atoms with van der Waals surface area (Å²) in [6.07, 6.45) is -2.86. The highest BCUT2D eigenvalue weighted by Crippen LogP contribution is 2.37. The van der Waals surface area contributed by atoms with E-state index in [4.69, 9.17) is 4.74 Å². The van der Waals surface area contributed by atoms with E-state index < -0.39 is 36.0 Å². The molecule has 0 bridgehead atoms. The minimum atomic E-state index is -2.19. The molecule has 4 unspecified atom stereocenters. The first-order valence-electron chi connectivity index (χ1n) is 8.41. The van der Waals surface area contributed by atoms with Crippen LogP contribution in [-0.2, 0) is 4.74 Å². The van der Waals surface area contributed by atoms with Crippen molar-refractivity contribution in [2.75, 3.05) is 6.61 Å². The summed E-state index contributed by atoms with van der Waals surface area (Å²) in [6.45, 7) is 3.84. The molecule has 22 heavy (non-hydrogen) atoms. The lowest BCUT2D eigenvalue weighted by Gasteiger charge is -2.34. The summed E-state index contributed by atoms with van der Waals surface area (Å²) in [5.74, 6) is -0.222. The summed E-state index contributed by atoms with van der Waals surface area (Å²) < 4.78 is 61.0. The summed E-state index contributed by atoms with van der Waals surface area (Å²) in [4.78, 5) is 0. The van der Waals surface area contributed by atoms with Gasteiger partial charge in [0, 0.05) is 5.57 Å². The van der Waals surface area contributed by atoms with Crippen LogP contribution in [0.5, 0.6) is 0 Å². The highest BCUT2D eigenvalue weighted by molar-refractivity contribution is 5.25. The number of ether oxygens (including phenoxy) is 1. The van der Waals surface area contributed by atoms with Gasteiger partial charge < -0.3 is 4.74 Å². The van der Waals surface area contributed by atoms with Gasteiger partial charge in [0.25, 0.3) is 0 Å². The third kappa shape index (κ3) is 3.66. The summed E-state index contributed by atoms with van der Waals surface area (Å²) in [5, 5.41) is 0. The minimum Gasteiger partial charge on any atom is -0.371 e. The first kappa shape index (κ1) is 17.8. The number of rotatable bonds is 5. The maximum Gasteiger partial charge on any atom is 0.180 e. The van der Waals surface area contributed by atoms with Crippen molar-refractivity contribution in [3.63, 3.8) is 0 Å². The molecule has 0 N–H and O–H groups in total. The largest absolute Gasteiger partial charge is 0.371 e. The SMILES string of the molecule is CCC1=C(F)C(F)C(OCC2CCC(CC)CC2)C(F)C1F. The van der Waals surface area contributed by atoms with Gasteiger partial charge >= 0.3 is 0 Å². The summed E-state index contributed by atoms with van der Waals surface area (Å²) >= 11 is 0. The van der Waals surface area contributed by atoms with Crippen LogP contribution in [0, 0.1) is 11.8 Å². The molecule has 128 valence electrons. The summed E-state index contributed by atoms with van der Waals surface area (Å²) in [7, 11) is 0. The van der Waals surface area contributed by atoms with Crippen LogP contribution in [0.4, 0.5) is 17.6 Å². The van der Waals surface area contributed by atoms with Crippen LogP contribution in [0.2, 0.25) is 0 Å². The van der Waals surface area contributed by atoms with E-state index in [0.29, 0.717) is 0 Å². The molecule has 2 aliphatic carbocycles. The molecule has 0 heterocycles. The number of hydrogen-bond acceptors (Lipinski definition) is 1. The van der Waals surface area contributed by atoms with Crippen molar-refractivity contribution < 1.29 is 22.3 Å². The molecular weight excluding hydrogens is 296 g/mol. The van der Waals surface area contributed by atoms with Crippen molar-refractivity contribution in [1.82, 2.24) is 0 Å². The van der Waals surface area contributed by atoms with Crippen LogP contribution in [0.15, 0.2) is 11.4 Å². The van der Waals surface area contributed by atoms with E-state index in [2.05, 4.69) is 6.92 Å². The smallest absolute Gasteiger partial charge is 0.180 e. The lowest BCUT2D eigenvalue weighted by Crippen LogP contribution is -2.46. The highest BCUT2D eigenvalue weighted by Gasteiger charge is 2.46. The Balaban J connectivity index is 1.91. The molecule has 4 atom stereocenters. The predicted molar refractivity (Wildman–Crippen MR) is 78.6 cm³/mol. The second kappa shape index (κ2) is 7.80. The zero-order chi connectivity index (χ0) is 16.3. The Bertz CT molecular complexity index is 390. The average Bonchev–Trinajstić information content (AvgIpc) is 2.54. The maximum atomic E-state index is 14.0. The predicted octanol–water partition coefficient (Wildman–Crippen LogP) is 5.25. The molecule has 0 amide bonds. The van der Waals surface area contributed by atoms with E-state index in [9.17, 15) is 17.6 Å². The van der Waals surface area contributed by atoms with Crippen LogP contribution < -0.4 is 0 Å². The number of allylic oxidation sites excluding steroid dienone is 1.